The highest BCUT2D eigenvalue weighted by Crippen LogP contribution is 2.26. The number of carbonyl (C=O) groups is 2. The minimum atomic E-state index is -0.218. The van der Waals surface area contributed by atoms with Crippen molar-refractivity contribution in [3.8, 4) is 0 Å². The van der Waals surface area contributed by atoms with Crippen LogP contribution in [0.1, 0.15) is 27.9 Å². The molecule has 1 aromatic carbocycles. The molecule has 0 bridgehead atoms. The quantitative estimate of drug-likeness (QED) is 0.521. The van der Waals surface area contributed by atoms with Crippen LogP contribution >= 0.6 is 11.3 Å². The first-order valence-corrected chi connectivity index (χ1v) is 8.75. The summed E-state index contributed by atoms with van der Waals surface area (Å²) in [5.74, 6) is -0.334. The summed E-state index contributed by atoms with van der Waals surface area (Å²) < 4.78 is 0. The second kappa shape index (κ2) is 8.43. The summed E-state index contributed by atoms with van der Waals surface area (Å²) in [4.78, 5) is 34.0. The van der Waals surface area contributed by atoms with E-state index in [9.17, 15) is 9.59 Å². The van der Waals surface area contributed by atoms with Gasteiger partial charge in [0.15, 0.2) is 11.1 Å². The second-order valence-corrected chi connectivity index (χ2v) is 6.88. The van der Waals surface area contributed by atoms with E-state index in [1.54, 1.807) is 14.1 Å². The van der Waals surface area contributed by atoms with Crippen LogP contribution in [0.5, 0.6) is 0 Å². The molecule has 9 heteroatoms. The number of anilines is 1. The van der Waals surface area contributed by atoms with Gasteiger partial charge in [-0.3, -0.25) is 9.59 Å². The largest absolute Gasteiger partial charge is 0.370 e. The Hall–Kier alpha value is -2.94. The zero-order valence-corrected chi connectivity index (χ0v) is 15.8. The molecule has 1 aromatic heterocycles. The Labute approximate surface area is 155 Å². The molecule has 138 valence electrons. The van der Waals surface area contributed by atoms with Crippen molar-refractivity contribution >= 4 is 39.9 Å². The van der Waals surface area contributed by atoms with Gasteiger partial charge in [-0.1, -0.05) is 23.5 Å². The molecule has 8 nitrogen and oxygen atoms in total. The normalized spacial score (nSPS) is 10.3. The molecule has 2 rings (SSSR count). The fourth-order valence-electron chi connectivity index (χ4n) is 2.24. The van der Waals surface area contributed by atoms with E-state index in [4.69, 9.17) is 11.5 Å². The maximum absolute atomic E-state index is 12.4. The molecule has 0 fully saturated rings. The molecule has 0 aliphatic rings. The number of guanidine groups is 1. The van der Waals surface area contributed by atoms with Gasteiger partial charge in [0.1, 0.15) is 4.88 Å². The first-order valence-electron chi connectivity index (χ1n) is 7.93. The molecule has 0 radical (unpaired) electrons. The van der Waals surface area contributed by atoms with E-state index in [2.05, 4.69) is 15.3 Å². The van der Waals surface area contributed by atoms with E-state index >= 15 is 0 Å². The van der Waals surface area contributed by atoms with Crippen molar-refractivity contribution in [3.05, 3.63) is 40.4 Å². The Morgan fingerprint density at radius 3 is 2.38 bits per heavy atom. The van der Waals surface area contributed by atoms with Gasteiger partial charge in [-0.25, -0.2) is 9.98 Å². The average molecular weight is 374 g/mol. The van der Waals surface area contributed by atoms with Crippen LogP contribution in [0, 0.1) is 0 Å². The zero-order chi connectivity index (χ0) is 19.3. The number of hydrogen-bond acceptors (Lipinski definition) is 5. The van der Waals surface area contributed by atoms with Crippen LogP contribution in [0.4, 0.5) is 10.8 Å². The SMILES string of the molecule is CC(=O)Nc1nc(CCc2ccc(N=C(N)N)cc2)c(C(=O)N(C)C)s1. The monoisotopic (exact) mass is 374 g/mol. The molecule has 5 N–H and O–H groups in total. The Balaban J connectivity index is 2.16. The molecule has 0 atom stereocenters. The van der Waals surface area contributed by atoms with Crippen molar-refractivity contribution in [2.45, 2.75) is 19.8 Å². The van der Waals surface area contributed by atoms with E-state index in [1.165, 1.54) is 23.2 Å². The van der Waals surface area contributed by atoms with Crippen molar-refractivity contribution in [1.82, 2.24) is 9.88 Å². The number of nitrogens with one attached hydrogen (secondary N) is 1. The van der Waals surface area contributed by atoms with Crippen molar-refractivity contribution in [1.29, 1.82) is 0 Å². The lowest BCUT2D eigenvalue weighted by atomic mass is 10.1. The van der Waals surface area contributed by atoms with Gasteiger partial charge in [-0.05, 0) is 30.5 Å². The van der Waals surface area contributed by atoms with Crippen LogP contribution in [-0.4, -0.2) is 41.8 Å². The first kappa shape index (κ1) is 19.4. The van der Waals surface area contributed by atoms with E-state index < -0.39 is 0 Å². The van der Waals surface area contributed by atoms with Gasteiger partial charge < -0.3 is 21.7 Å². The Morgan fingerprint density at radius 1 is 1.19 bits per heavy atom. The van der Waals surface area contributed by atoms with Gasteiger partial charge >= 0.3 is 0 Å². The van der Waals surface area contributed by atoms with Gasteiger partial charge in [0.2, 0.25) is 5.91 Å². The van der Waals surface area contributed by atoms with Crippen LogP contribution in [0.3, 0.4) is 0 Å². The first-order chi connectivity index (χ1) is 12.3. The van der Waals surface area contributed by atoms with E-state index in [1.807, 2.05) is 24.3 Å². The van der Waals surface area contributed by atoms with E-state index in [-0.39, 0.29) is 17.8 Å². The highest BCUT2D eigenvalue weighted by molar-refractivity contribution is 7.17. The molecule has 26 heavy (non-hydrogen) atoms. The molecule has 0 aliphatic carbocycles. The van der Waals surface area contributed by atoms with Crippen LogP contribution in [0.15, 0.2) is 29.3 Å². The van der Waals surface area contributed by atoms with Gasteiger partial charge in [0, 0.05) is 21.0 Å². The fraction of sp³-hybridized carbons (Fsp3) is 0.294. The molecule has 1 heterocycles. The number of hydrogen-bond donors (Lipinski definition) is 3. The predicted molar refractivity (Wildman–Crippen MR) is 104 cm³/mol. The summed E-state index contributed by atoms with van der Waals surface area (Å²) in [6.07, 6.45) is 1.27. The van der Waals surface area contributed by atoms with Crippen molar-refractivity contribution < 1.29 is 9.59 Å². The lowest BCUT2D eigenvalue weighted by Gasteiger charge is -2.09. The van der Waals surface area contributed by atoms with Gasteiger partial charge in [-0.15, -0.1) is 0 Å². The standard InChI is InChI=1S/C17H22N6O2S/c1-10(24)20-17-22-13(14(26-17)15(25)23(2)3)9-6-11-4-7-12(8-5-11)21-16(18)19/h4-5,7-8H,6,9H2,1-3H3,(H4,18,19,21)(H,20,22,24). The number of aromatic nitrogens is 1. The highest BCUT2D eigenvalue weighted by Gasteiger charge is 2.20. The number of aryl methyl sites for hydroxylation is 2. The maximum atomic E-state index is 12.4. The van der Waals surface area contributed by atoms with Gasteiger partial charge in [-0.2, -0.15) is 0 Å². The Morgan fingerprint density at radius 2 is 1.85 bits per heavy atom. The van der Waals surface area contributed by atoms with E-state index in [0.717, 1.165) is 5.56 Å². The number of carbonyl (C=O) groups excluding carboxylic acids is 2. The number of nitrogens with zero attached hydrogens (tertiary/aromatic N) is 3. The van der Waals surface area contributed by atoms with Crippen molar-refractivity contribution in [2.24, 2.45) is 16.5 Å². The number of aliphatic imine (C=N–C) groups is 1. The number of amides is 2. The van der Waals surface area contributed by atoms with Crippen LogP contribution in [0.25, 0.3) is 0 Å². The van der Waals surface area contributed by atoms with Gasteiger partial charge in [0.25, 0.3) is 5.91 Å². The zero-order valence-electron chi connectivity index (χ0n) is 14.9. The lowest BCUT2D eigenvalue weighted by Crippen LogP contribution is -2.22. The van der Waals surface area contributed by atoms with Crippen LogP contribution < -0.4 is 16.8 Å². The summed E-state index contributed by atoms with van der Waals surface area (Å²) in [6.45, 7) is 1.41. The molecular weight excluding hydrogens is 352 g/mol. The summed E-state index contributed by atoms with van der Waals surface area (Å²) in [6, 6.07) is 7.50. The maximum Gasteiger partial charge on any atom is 0.265 e. The summed E-state index contributed by atoms with van der Waals surface area (Å²) in [5.41, 5.74) is 13.1. The Bertz CT molecular complexity index is 822. The second-order valence-electron chi connectivity index (χ2n) is 5.88. The summed E-state index contributed by atoms with van der Waals surface area (Å²) >= 11 is 1.19. The Kier molecular flexibility index (Phi) is 6.29. The number of rotatable bonds is 6. The molecule has 2 aromatic rings. The third kappa shape index (κ3) is 5.28. The number of thiazole rings is 1. The molecule has 0 unspecified atom stereocenters. The minimum absolute atomic E-state index is 0.0116. The smallest absolute Gasteiger partial charge is 0.265 e. The molecule has 2 amide bonds. The summed E-state index contributed by atoms with van der Waals surface area (Å²) in [5, 5.41) is 3.07. The van der Waals surface area contributed by atoms with Gasteiger partial charge in [0.05, 0.1) is 11.4 Å². The van der Waals surface area contributed by atoms with Crippen LogP contribution in [-0.2, 0) is 17.6 Å². The molecule has 0 saturated carbocycles. The molecular formula is C17H22N6O2S. The number of benzene rings is 1. The van der Waals surface area contributed by atoms with Crippen LogP contribution in [0.2, 0.25) is 0 Å². The lowest BCUT2D eigenvalue weighted by molar-refractivity contribution is -0.114. The summed E-state index contributed by atoms with van der Waals surface area (Å²) in [7, 11) is 3.37. The highest BCUT2D eigenvalue weighted by atomic mass is 32.1. The van der Waals surface area contributed by atoms with Crippen molar-refractivity contribution in [3.63, 3.8) is 0 Å². The molecule has 0 aliphatic heterocycles. The average Bonchev–Trinajstić information content (AvgIpc) is 2.94. The van der Waals surface area contributed by atoms with Crippen molar-refractivity contribution in [2.75, 3.05) is 19.4 Å². The molecule has 0 saturated heterocycles. The third-order valence-corrected chi connectivity index (χ3v) is 4.43. The predicted octanol–water partition coefficient (Wildman–Crippen LogP) is 1.49. The minimum Gasteiger partial charge on any atom is -0.370 e. The third-order valence-electron chi connectivity index (χ3n) is 3.43. The topological polar surface area (TPSA) is 127 Å². The molecule has 0 spiro atoms. The number of nitrogens with two attached hydrogens (primary N) is 2. The van der Waals surface area contributed by atoms with E-state index in [0.29, 0.717) is 34.2 Å². The fourth-order valence-corrected chi connectivity index (χ4v) is 3.32.